The zero-order valence-electron chi connectivity index (χ0n) is 11.8. The van der Waals surface area contributed by atoms with E-state index in [4.69, 9.17) is 4.74 Å². The number of sulfone groups is 1. The molecule has 112 valence electrons. The van der Waals surface area contributed by atoms with Crippen LogP contribution >= 0.6 is 12.6 Å². The number of ether oxygens (including phenoxy) is 1. The van der Waals surface area contributed by atoms with E-state index in [0.717, 1.165) is 24.3 Å². The largest absolute Gasteiger partial charge is 0.493 e. The molecule has 0 aliphatic heterocycles. The van der Waals surface area contributed by atoms with Crippen LogP contribution in [0.25, 0.3) is 0 Å². The lowest BCUT2D eigenvalue weighted by Gasteiger charge is -2.35. The second kappa shape index (κ2) is 6.39. The predicted molar refractivity (Wildman–Crippen MR) is 84.4 cm³/mol. The van der Waals surface area contributed by atoms with Gasteiger partial charge in [0.1, 0.15) is 5.75 Å². The van der Waals surface area contributed by atoms with Crippen LogP contribution in [0, 0.1) is 5.41 Å². The number of hydrogen-bond donors (Lipinski definition) is 1. The van der Waals surface area contributed by atoms with Gasteiger partial charge in [-0.25, -0.2) is 8.42 Å². The lowest BCUT2D eigenvalue weighted by atomic mass is 9.76. The fourth-order valence-corrected chi connectivity index (χ4v) is 3.71. The van der Waals surface area contributed by atoms with E-state index in [-0.39, 0.29) is 5.41 Å². The topological polar surface area (TPSA) is 43.4 Å². The summed E-state index contributed by atoms with van der Waals surface area (Å²) >= 11 is 4.49. The first-order valence-electron chi connectivity index (χ1n) is 6.99. The summed E-state index contributed by atoms with van der Waals surface area (Å²) in [5.74, 6) is 1.57. The average Bonchev–Trinajstić information content (AvgIpc) is 2.46. The molecule has 0 spiro atoms. The summed E-state index contributed by atoms with van der Waals surface area (Å²) in [6, 6.07) is 6.65. The minimum absolute atomic E-state index is 0.177. The molecule has 0 aromatic heterocycles. The zero-order valence-corrected chi connectivity index (χ0v) is 13.6. The lowest BCUT2D eigenvalue weighted by molar-refractivity contribution is 0.121. The average molecular weight is 314 g/mol. The minimum atomic E-state index is -3.14. The van der Waals surface area contributed by atoms with Gasteiger partial charge in [-0.3, -0.25) is 0 Å². The van der Waals surface area contributed by atoms with Gasteiger partial charge in [0.05, 0.1) is 11.5 Å². The van der Waals surface area contributed by atoms with E-state index in [2.05, 4.69) is 12.6 Å². The molecule has 1 aromatic carbocycles. The first-order valence-corrected chi connectivity index (χ1v) is 9.51. The van der Waals surface area contributed by atoms with Crippen molar-refractivity contribution in [1.82, 2.24) is 0 Å². The van der Waals surface area contributed by atoms with Crippen molar-refractivity contribution in [2.45, 2.75) is 37.0 Å². The summed E-state index contributed by atoms with van der Waals surface area (Å²) in [5.41, 5.74) is 0.177. The molecule has 0 radical (unpaired) electrons. The molecule has 2 rings (SSSR count). The molecule has 1 aliphatic carbocycles. The fraction of sp³-hybridized carbons (Fsp3) is 0.600. The van der Waals surface area contributed by atoms with Gasteiger partial charge in [-0.15, -0.1) is 0 Å². The molecule has 1 aromatic rings. The van der Waals surface area contributed by atoms with E-state index in [1.54, 1.807) is 24.3 Å². The van der Waals surface area contributed by atoms with Crippen LogP contribution in [0.15, 0.2) is 29.2 Å². The standard InChI is InChI=1S/C15H22O3S2/c1-20(16,17)14-7-5-13(6-8-14)18-11-15(12-19)9-3-2-4-10-15/h5-8,19H,2-4,9-12H2,1H3. The summed E-state index contributed by atoms with van der Waals surface area (Å²) < 4.78 is 28.7. The zero-order chi connectivity index (χ0) is 14.6. The van der Waals surface area contributed by atoms with E-state index in [0.29, 0.717) is 11.5 Å². The summed E-state index contributed by atoms with van der Waals surface area (Å²) in [5, 5.41) is 0. The molecule has 1 saturated carbocycles. The van der Waals surface area contributed by atoms with Crippen molar-refractivity contribution < 1.29 is 13.2 Å². The van der Waals surface area contributed by atoms with Crippen molar-refractivity contribution in [3.05, 3.63) is 24.3 Å². The van der Waals surface area contributed by atoms with Gasteiger partial charge in [0, 0.05) is 11.7 Å². The molecule has 0 amide bonds. The summed E-state index contributed by atoms with van der Waals surface area (Å²) in [6.45, 7) is 0.661. The maximum Gasteiger partial charge on any atom is 0.175 e. The van der Waals surface area contributed by atoms with Gasteiger partial charge in [-0.1, -0.05) is 19.3 Å². The molecule has 0 N–H and O–H groups in total. The lowest BCUT2D eigenvalue weighted by Crippen LogP contribution is -2.32. The van der Waals surface area contributed by atoms with Crippen LogP contribution in [0.4, 0.5) is 0 Å². The van der Waals surface area contributed by atoms with Crippen LogP contribution < -0.4 is 4.74 Å². The Bertz CT molecular complexity index is 529. The van der Waals surface area contributed by atoms with E-state index in [1.165, 1.54) is 25.5 Å². The first kappa shape index (κ1) is 15.7. The Balaban J connectivity index is 2.00. The van der Waals surface area contributed by atoms with Crippen molar-refractivity contribution in [2.24, 2.45) is 5.41 Å². The predicted octanol–water partition coefficient (Wildman–Crippen LogP) is 3.35. The molecule has 0 unspecified atom stereocenters. The molecular weight excluding hydrogens is 292 g/mol. The smallest absolute Gasteiger partial charge is 0.175 e. The van der Waals surface area contributed by atoms with Crippen LogP contribution in [0.3, 0.4) is 0 Å². The third-order valence-corrected chi connectivity index (χ3v) is 5.85. The van der Waals surface area contributed by atoms with Crippen molar-refractivity contribution in [1.29, 1.82) is 0 Å². The van der Waals surface area contributed by atoms with Crippen LogP contribution in [-0.4, -0.2) is 27.0 Å². The van der Waals surface area contributed by atoms with Gasteiger partial charge < -0.3 is 4.74 Å². The molecule has 5 heteroatoms. The number of benzene rings is 1. The Labute approximate surface area is 127 Å². The molecule has 0 saturated heterocycles. The molecule has 0 heterocycles. The summed E-state index contributed by atoms with van der Waals surface area (Å²) in [6.07, 6.45) is 7.34. The molecule has 20 heavy (non-hydrogen) atoms. The SMILES string of the molecule is CS(=O)(=O)c1ccc(OCC2(CS)CCCCC2)cc1. The normalized spacial score (nSPS) is 18.7. The van der Waals surface area contributed by atoms with Crippen LogP contribution in [0.5, 0.6) is 5.75 Å². The van der Waals surface area contributed by atoms with Gasteiger partial charge in [-0.2, -0.15) is 12.6 Å². The maximum atomic E-state index is 11.4. The maximum absolute atomic E-state index is 11.4. The third-order valence-electron chi connectivity index (χ3n) is 4.05. The van der Waals surface area contributed by atoms with Crippen molar-refractivity contribution in [2.75, 3.05) is 18.6 Å². The first-order chi connectivity index (χ1) is 9.45. The highest BCUT2D eigenvalue weighted by Gasteiger charge is 2.31. The van der Waals surface area contributed by atoms with Crippen molar-refractivity contribution in [3.8, 4) is 5.75 Å². The Kier molecular flexibility index (Phi) is 5.02. The Morgan fingerprint density at radius 1 is 1.15 bits per heavy atom. The fourth-order valence-electron chi connectivity index (χ4n) is 2.67. The minimum Gasteiger partial charge on any atom is -0.493 e. The Morgan fingerprint density at radius 2 is 1.75 bits per heavy atom. The van der Waals surface area contributed by atoms with E-state index in [1.807, 2.05) is 0 Å². The van der Waals surface area contributed by atoms with Crippen LogP contribution in [-0.2, 0) is 9.84 Å². The molecular formula is C15H22O3S2. The number of thiol groups is 1. The van der Waals surface area contributed by atoms with E-state index in [9.17, 15) is 8.42 Å². The Morgan fingerprint density at radius 3 is 2.25 bits per heavy atom. The van der Waals surface area contributed by atoms with E-state index >= 15 is 0 Å². The van der Waals surface area contributed by atoms with E-state index < -0.39 is 9.84 Å². The monoisotopic (exact) mass is 314 g/mol. The van der Waals surface area contributed by atoms with Gasteiger partial charge in [0.15, 0.2) is 9.84 Å². The van der Waals surface area contributed by atoms with Crippen molar-refractivity contribution >= 4 is 22.5 Å². The van der Waals surface area contributed by atoms with Gasteiger partial charge in [-0.05, 0) is 42.9 Å². The summed E-state index contributed by atoms with van der Waals surface area (Å²) in [4.78, 5) is 0.325. The van der Waals surface area contributed by atoms with Crippen LogP contribution in [0.1, 0.15) is 32.1 Å². The molecule has 0 bridgehead atoms. The molecule has 0 atom stereocenters. The van der Waals surface area contributed by atoms with Gasteiger partial charge >= 0.3 is 0 Å². The van der Waals surface area contributed by atoms with Gasteiger partial charge in [0.25, 0.3) is 0 Å². The second-order valence-electron chi connectivity index (χ2n) is 5.75. The molecule has 1 aliphatic rings. The highest BCUT2D eigenvalue weighted by molar-refractivity contribution is 7.90. The van der Waals surface area contributed by atoms with Gasteiger partial charge in [0.2, 0.25) is 0 Å². The quantitative estimate of drug-likeness (QED) is 0.848. The molecule has 1 fully saturated rings. The number of hydrogen-bond acceptors (Lipinski definition) is 4. The Hall–Kier alpha value is -0.680. The second-order valence-corrected chi connectivity index (χ2v) is 8.08. The third kappa shape index (κ3) is 3.92. The highest BCUT2D eigenvalue weighted by atomic mass is 32.2. The highest BCUT2D eigenvalue weighted by Crippen LogP contribution is 2.37. The van der Waals surface area contributed by atoms with Crippen molar-refractivity contribution in [3.63, 3.8) is 0 Å². The summed E-state index contributed by atoms with van der Waals surface area (Å²) in [7, 11) is -3.14. The molecule has 3 nitrogen and oxygen atoms in total. The number of rotatable bonds is 5. The van der Waals surface area contributed by atoms with Crippen LogP contribution in [0.2, 0.25) is 0 Å².